The molecule has 7 heteroatoms. The summed E-state index contributed by atoms with van der Waals surface area (Å²) in [6.45, 7) is 8.37. The minimum atomic E-state index is -0.0814. The Morgan fingerprint density at radius 1 is 0.622 bits per heavy atom. The van der Waals surface area contributed by atoms with E-state index >= 15 is 0 Å². The molecule has 3 aromatic carbocycles. The van der Waals surface area contributed by atoms with Gasteiger partial charge in [0.15, 0.2) is 0 Å². The first-order chi connectivity index (χ1) is 17.1. The van der Waals surface area contributed by atoms with Crippen LogP contribution in [-0.2, 0) is 27.3 Å². The van der Waals surface area contributed by atoms with Gasteiger partial charge in [0.2, 0.25) is 0 Å². The highest BCUT2D eigenvalue weighted by Crippen LogP contribution is 2.06. The average molecular weight is 504 g/mol. The van der Waals surface area contributed by atoms with Crippen LogP contribution in [0, 0.1) is 6.92 Å². The van der Waals surface area contributed by atoms with Crippen LogP contribution in [0.4, 0.5) is 0 Å². The molecule has 0 atom stereocenters. The number of aryl methyl sites for hydroxylation is 1. The Bertz CT molecular complexity index is 983. The fourth-order valence-corrected chi connectivity index (χ4v) is 3.80. The van der Waals surface area contributed by atoms with E-state index in [4.69, 9.17) is 14.0 Å². The summed E-state index contributed by atoms with van der Waals surface area (Å²) >= 11 is 0. The highest BCUT2D eigenvalue weighted by molar-refractivity contribution is 6.80. The minimum absolute atomic E-state index is 0. The second-order valence-corrected chi connectivity index (χ2v) is 8.86. The molecule has 0 aromatic heterocycles. The minimum Gasteiger partial charge on any atom is -0.430 e. The van der Waals surface area contributed by atoms with E-state index in [0.29, 0.717) is 26.4 Å². The van der Waals surface area contributed by atoms with Gasteiger partial charge in [-0.05, 0) is 48.5 Å². The molecule has 0 saturated heterocycles. The van der Waals surface area contributed by atoms with Gasteiger partial charge in [-0.15, -0.1) is 0 Å². The predicted molar refractivity (Wildman–Crippen MR) is 162 cm³/mol. The van der Waals surface area contributed by atoms with Gasteiger partial charge in [0.05, 0.1) is 13.2 Å². The van der Waals surface area contributed by atoms with Crippen LogP contribution >= 0.6 is 0 Å². The Morgan fingerprint density at radius 3 is 1.54 bits per heavy atom. The zero-order valence-corrected chi connectivity index (χ0v) is 21.6. The van der Waals surface area contributed by atoms with Crippen molar-refractivity contribution in [2.75, 3.05) is 40.4 Å². The molecule has 0 bridgehead atoms. The Kier molecular flexibility index (Phi) is 15.8. The molecule has 3 rings (SSSR count). The van der Waals surface area contributed by atoms with Crippen LogP contribution in [0.2, 0.25) is 6.82 Å². The topological polar surface area (TPSA) is 51.8 Å². The summed E-state index contributed by atoms with van der Waals surface area (Å²) in [5.41, 5.74) is 7.05. The lowest BCUT2D eigenvalue weighted by Crippen LogP contribution is -2.46. The molecular weight excluding hydrogens is 458 g/mol. The van der Waals surface area contributed by atoms with E-state index in [1.807, 2.05) is 14.1 Å². The van der Waals surface area contributed by atoms with E-state index in [1.165, 1.54) is 16.5 Å². The second-order valence-electron chi connectivity index (χ2n) is 8.86. The third kappa shape index (κ3) is 10.8. The van der Waals surface area contributed by atoms with Gasteiger partial charge in [0, 0.05) is 26.3 Å². The van der Waals surface area contributed by atoms with Crippen molar-refractivity contribution in [1.82, 2.24) is 10.6 Å². The lowest BCUT2D eigenvalue weighted by atomic mass is 9.55. The number of ether oxygens (including phenoxy) is 1. The van der Waals surface area contributed by atoms with E-state index in [9.17, 15) is 0 Å². The summed E-state index contributed by atoms with van der Waals surface area (Å²) in [4.78, 5) is 0. The summed E-state index contributed by atoms with van der Waals surface area (Å²) in [5.74, 6) is 0. The molecule has 5 nitrogen and oxygen atoms in total. The smallest absolute Gasteiger partial charge is 0.361 e. The van der Waals surface area contributed by atoms with E-state index in [0.717, 1.165) is 29.7 Å². The van der Waals surface area contributed by atoms with Crippen LogP contribution in [-0.4, -0.2) is 54.2 Å². The molecule has 0 fully saturated rings. The first-order valence-corrected chi connectivity index (χ1v) is 12.4. The molecule has 37 heavy (non-hydrogen) atoms. The molecule has 200 valence electrons. The second kappa shape index (κ2) is 17.9. The third-order valence-electron chi connectivity index (χ3n) is 6.01. The summed E-state index contributed by atoms with van der Waals surface area (Å²) in [6.07, 6.45) is 0. The maximum absolute atomic E-state index is 6.22. The molecule has 0 saturated carbocycles. The summed E-state index contributed by atoms with van der Waals surface area (Å²) < 4.78 is 18.0. The van der Waals surface area contributed by atoms with Crippen molar-refractivity contribution in [3.8, 4) is 0 Å². The first kappa shape index (κ1) is 32.6. The Morgan fingerprint density at radius 2 is 1.05 bits per heavy atom. The van der Waals surface area contributed by atoms with Crippen molar-refractivity contribution in [3.63, 3.8) is 0 Å². The number of hydrogen-bond acceptors (Lipinski definition) is 5. The highest BCUT2D eigenvalue weighted by Gasteiger charge is 2.21. The van der Waals surface area contributed by atoms with E-state index in [-0.39, 0.29) is 28.7 Å². The van der Waals surface area contributed by atoms with Crippen molar-refractivity contribution >= 4 is 30.2 Å². The summed E-state index contributed by atoms with van der Waals surface area (Å²) in [6, 6.07) is 25.6. The third-order valence-corrected chi connectivity index (χ3v) is 6.01. The zero-order valence-electron chi connectivity index (χ0n) is 21.6. The van der Waals surface area contributed by atoms with Gasteiger partial charge >= 0.3 is 13.8 Å². The van der Waals surface area contributed by atoms with Crippen molar-refractivity contribution in [3.05, 3.63) is 89.5 Å². The normalized spacial score (nSPS) is 10.4. The monoisotopic (exact) mass is 504 g/mol. The van der Waals surface area contributed by atoms with Crippen LogP contribution in [0.3, 0.4) is 0 Å². The van der Waals surface area contributed by atoms with Crippen LogP contribution in [0.15, 0.2) is 72.8 Å². The van der Waals surface area contributed by atoms with Crippen molar-refractivity contribution < 1.29 is 14.0 Å². The van der Waals surface area contributed by atoms with Gasteiger partial charge in [-0.3, -0.25) is 0 Å². The molecule has 0 heterocycles. The molecule has 0 spiro atoms. The fourth-order valence-electron chi connectivity index (χ4n) is 3.80. The lowest BCUT2D eigenvalue weighted by molar-refractivity contribution is 0.107. The van der Waals surface area contributed by atoms with Gasteiger partial charge in [0.25, 0.3) is 0 Å². The quantitative estimate of drug-likeness (QED) is 0.246. The van der Waals surface area contributed by atoms with Gasteiger partial charge < -0.3 is 24.7 Å². The summed E-state index contributed by atoms with van der Waals surface area (Å²) in [7, 11) is 3.87. The number of rotatable bonds is 15. The molecule has 0 aliphatic heterocycles. The van der Waals surface area contributed by atoms with Crippen LogP contribution in [0.1, 0.15) is 31.5 Å². The van der Waals surface area contributed by atoms with Crippen LogP contribution in [0.5, 0.6) is 0 Å². The van der Waals surface area contributed by atoms with Gasteiger partial charge in [0.1, 0.15) is 0 Å². The summed E-state index contributed by atoms with van der Waals surface area (Å²) in [5, 5.41) is 6.25. The maximum Gasteiger partial charge on any atom is 0.361 e. The lowest BCUT2D eigenvalue weighted by Gasteiger charge is -2.16. The largest absolute Gasteiger partial charge is 0.430 e. The van der Waals surface area contributed by atoms with Gasteiger partial charge in [-0.1, -0.05) is 100 Å². The Labute approximate surface area is 226 Å². The van der Waals surface area contributed by atoms with E-state index < -0.39 is 0 Å². The van der Waals surface area contributed by atoms with Crippen LogP contribution < -0.4 is 27.0 Å². The van der Waals surface area contributed by atoms with Crippen molar-refractivity contribution in [1.29, 1.82) is 0 Å². The molecule has 0 radical (unpaired) electrons. The standard InChI is InChI=1S/C28H38B2N2O3.2CH4/c1-23-5-11-27(12-6-23)30(35-20-18-32-4)28-15-9-25(10-16-28)22-33-21-24-7-13-26(14-8-24)29(2)34-19-17-31-3;;/h5-16,31-32H,17-22H2,1-4H3;2*1H4. The zero-order chi connectivity index (χ0) is 24.9. The van der Waals surface area contributed by atoms with Crippen molar-refractivity contribution in [2.24, 2.45) is 0 Å². The van der Waals surface area contributed by atoms with E-state index in [2.05, 4.69) is 97.2 Å². The van der Waals surface area contributed by atoms with Crippen LogP contribution in [0.25, 0.3) is 0 Å². The van der Waals surface area contributed by atoms with Gasteiger partial charge in [-0.2, -0.15) is 0 Å². The Hall–Kier alpha value is -2.41. The molecule has 0 aliphatic rings. The average Bonchev–Trinajstić information content (AvgIpc) is 2.88. The molecule has 0 amide bonds. The van der Waals surface area contributed by atoms with Gasteiger partial charge in [-0.25, -0.2) is 0 Å². The number of likely N-dealkylation sites (N-methyl/N-ethyl adjacent to an activating group) is 2. The maximum atomic E-state index is 6.22. The fraction of sp³-hybridized carbons (Fsp3) is 0.400. The highest BCUT2D eigenvalue weighted by atomic mass is 16.5. The number of nitrogens with one attached hydrogen (secondary N) is 2. The molecule has 2 N–H and O–H groups in total. The molecular formula is C30H46B2N2O3. The first-order valence-electron chi connectivity index (χ1n) is 12.4. The predicted octanol–water partition coefficient (Wildman–Crippen LogP) is 3.39. The van der Waals surface area contributed by atoms with Crippen molar-refractivity contribution in [2.45, 2.75) is 41.8 Å². The molecule has 0 unspecified atom stereocenters. The Balaban J connectivity index is 0.00000342. The number of benzene rings is 3. The number of hydrogen-bond donors (Lipinski definition) is 2. The molecule has 3 aromatic rings. The van der Waals surface area contributed by atoms with E-state index in [1.54, 1.807) is 0 Å². The SMILES string of the molecule is C.C.CNCCOB(C)c1ccc(COCc2ccc(B(OCCNC)c3ccc(C)cc3)cc2)cc1. The molecule has 0 aliphatic carbocycles.